The number of imidazole rings is 1. The zero-order chi connectivity index (χ0) is 14.5. The number of aromatic amines is 1. The van der Waals surface area contributed by atoms with Crippen LogP contribution in [0.2, 0.25) is 0 Å². The lowest BCUT2D eigenvalue weighted by molar-refractivity contribution is -0.384. The van der Waals surface area contributed by atoms with Gasteiger partial charge in [-0.25, -0.2) is 4.98 Å². The topological polar surface area (TPSA) is 83.8 Å². The number of rotatable bonds is 6. The number of nitro benzene ring substituents is 1. The van der Waals surface area contributed by atoms with Crippen LogP contribution in [0, 0.1) is 10.1 Å². The van der Waals surface area contributed by atoms with Crippen molar-refractivity contribution in [3.05, 3.63) is 46.4 Å². The summed E-state index contributed by atoms with van der Waals surface area (Å²) < 4.78 is 0. The van der Waals surface area contributed by atoms with Gasteiger partial charge in [0.05, 0.1) is 23.4 Å². The molecule has 0 radical (unpaired) electrons. The maximum atomic E-state index is 10.6. The first-order chi connectivity index (χ1) is 9.60. The quantitative estimate of drug-likeness (QED) is 0.626. The fourth-order valence-electron chi connectivity index (χ4n) is 1.78. The zero-order valence-electron chi connectivity index (χ0n) is 11.6. The number of nitrogens with zero attached hydrogens (tertiary/aromatic N) is 2. The van der Waals surface area contributed by atoms with Gasteiger partial charge in [-0.15, -0.1) is 0 Å². The van der Waals surface area contributed by atoms with Crippen molar-refractivity contribution >= 4 is 5.69 Å². The summed E-state index contributed by atoms with van der Waals surface area (Å²) in [6.45, 7) is 4.93. The van der Waals surface area contributed by atoms with Crippen LogP contribution in [0.3, 0.4) is 0 Å². The van der Waals surface area contributed by atoms with Crippen molar-refractivity contribution in [1.82, 2.24) is 15.3 Å². The molecule has 20 heavy (non-hydrogen) atoms. The maximum Gasteiger partial charge on any atom is 0.269 e. The Morgan fingerprint density at radius 1 is 1.40 bits per heavy atom. The third-order valence-electron chi connectivity index (χ3n) is 3.25. The summed E-state index contributed by atoms with van der Waals surface area (Å²) in [6.07, 6.45) is 2.81. The van der Waals surface area contributed by atoms with Crippen LogP contribution in [0.25, 0.3) is 11.3 Å². The Labute approximate surface area is 117 Å². The van der Waals surface area contributed by atoms with Gasteiger partial charge in [-0.05, 0) is 25.5 Å². The fraction of sp³-hybridized carbons (Fsp3) is 0.357. The Kier molecular flexibility index (Phi) is 4.47. The van der Waals surface area contributed by atoms with Crippen LogP contribution < -0.4 is 5.32 Å². The number of nitrogens with one attached hydrogen (secondary N) is 2. The number of aromatic nitrogens is 2. The van der Waals surface area contributed by atoms with Crippen molar-refractivity contribution in [2.45, 2.75) is 32.9 Å². The van der Waals surface area contributed by atoms with Crippen LogP contribution in [0.5, 0.6) is 0 Å². The van der Waals surface area contributed by atoms with Gasteiger partial charge in [-0.1, -0.05) is 6.92 Å². The van der Waals surface area contributed by atoms with E-state index in [4.69, 9.17) is 0 Å². The van der Waals surface area contributed by atoms with Gasteiger partial charge in [-0.3, -0.25) is 10.1 Å². The highest BCUT2D eigenvalue weighted by atomic mass is 16.6. The summed E-state index contributed by atoms with van der Waals surface area (Å²) in [5.74, 6) is 0.860. The van der Waals surface area contributed by atoms with E-state index in [0.717, 1.165) is 23.5 Å². The Balaban J connectivity index is 2.06. The zero-order valence-corrected chi connectivity index (χ0v) is 11.6. The van der Waals surface area contributed by atoms with Crippen LogP contribution in [-0.2, 0) is 6.54 Å². The van der Waals surface area contributed by atoms with Crippen LogP contribution in [0.4, 0.5) is 5.69 Å². The number of H-pyrrole nitrogens is 1. The van der Waals surface area contributed by atoms with E-state index >= 15 is 0 Å². The molecule has 0 bridgehead atoms. The first-order valence-corrected chi connectivity index (χ1v) is 6.62. The van der Waals surface area contributed by atoms with Crippen LogP contribution in [-0.4, -0.2) is 20.9 Å². The van der Waals surface area contributed by atoms with Crippen molar-refractivity contribution in [2.75, 3.05) is 0 Å². The molecule has 0 saturated carbocycles. The Hall–Kier alpha value is -2.21. The molecule has 1 heterocycles. The summed E-state index contributed by atoms with van der Waals surface area (Å²) in [4.78, 5) is 17.7. The van der Waals surface area contributed by atoms with E-state index in [9.17, 15) is 10.1 Å². The van der Waals surface area contributed by atoms with Crippen LogP contribution in [0.15, 0.2) is 30.5 Å². The summed E-state index contributed by atoms with van der Waals surface area (Å²) in [7, 11) is 0. The molecule has 0 fully saturated rings. The predicted molar refractivity (Wildman–Crippen MR) is 77.3 cm³/mol. The molecule has 6 nitrogen and oxygen atoms in total. The van der Waals surface area contributed by atoms with E-state index in [1.54, 1.807) is 18.3 Å². The smallest absolute Gasteiger partial charge is 0.269 e. The van der Waals surface area contributed by atoms with Gasteiger partial charge in [0.25, 0.3) is 5.69 Å². The molecule has 0 aliphatic rings. The lowest BCUT2D eigenvalue weighted by Gasteiger charge is -2.08. The molecule has 0 amide bonds. The number of hydrogen-bond acceptors (Lipinski definition) is 4. The second-order valence-electron chi connectivity index (χ2n) is 4.74. The Morgan fingerprint density at radius 2 is 2.10 bits per heavy atom. The van der Waals surface area contributed by atoms with E-state index in [-0.39, 0.29) is 5.69 Å². The van der Waals surface area contributed by atoms with Gasteiger partial charge < -0.3 is 10.3 Å². The normalized spacial score (nSPS) is 12.3. The average Bonchev–Trinajstić information content (AvgIpc) is 2.93. The highest BCUT2D eigenvalue weighted by Crippen LogP contribution is 2.20. The van der Waals surface area contributed by atoms with Gasteiger partial charge >= 0.3 is 0 Å². The second kappa shape index (κ2) is 6.29. The van der Waals surface area contributed by atoms with E-state index in [1.165, 1.54) is 12.1 Å². The molecule has 2 N–H and O–H groups in total. The number of non-ortho nitro benzene ring substituents is 1. The molecule has 0 aliphatic heterocycles. The summed E-state index contributed by atoms with van der Waals surface area (Å²) in [6, 6.07) is 6.87. The van der Waals surface area contributed by atoms with Crippen molar-refractivity contribution < 1.29 is 4.92 Å². The van der Waals surface area contributed by atoms with Gasteiger partial charge in [0.15, 0.2) is 0 Å². The number of benzene rings is 1. The highest BCUT2D eigenvalue weighted by molar-refractivity contribution is 5.60. The molecule has 2 aromatic rings. The Bertz CT molecular complexity index is 577. The molecule has 1 unspecified atom stereocenters. The molecular weight excluding hydrogens is 256 g/mol. The van der Waals surface area contributed by atoms with E-state index in [2.05, 4.69) is 29.1 Å². The maximum absolute atomic E-state index is 10.6. The molecule has 6 heteroatoms. The second-order valence-corrected chi connectivity index (χ2v) is 4.74. The van der Waals surface area contributed by atoms with Crippen molar-refractivity contribution in [3.8, 4) is 11.3 Å². The van der Waals surface area contributed by atoms with E-state index in [1.807, 2.05) is 0 Å². The fourth-order valence-corrected chi connectivity index (χ4v) is 1.78. The molecule has 0 spiro atoms. The third kappa shape index (κ3) is 3.42. The lowest BCUT2D eigenvalue weighted by Crippen LogP contribution is -2.24. The molecule has 1 atom stereocenters. The minimum absolute atomic E-state index is 0.0897. The van der Waals surface area contributed by atoms with Crippen LogP contribution >= 0.6 is 0 Å². The first-order valence-electron chi connectivity index (χ1n) is 6.62. The predicted octanol–water partition coefficient (Wildman–Crippen LogP) is 2.87. The monoisotopic (exact) mass is 274 g/mol. The van der Waals surface area contributed by atoms with E-state index in [0.29, 0.717) is 12.6 Å². The summed E-state index contributed by atoms with van der Waals surface area (Å²) in [5, 5.41) is 14.0. The average molecular weight is 274 g/mol. The largest absolute Gasteiger partial charge is 0.341 e. The van der Waals surface area contributed by atoms with E-state index < -0.39 is 4.92 Å². The summed E-state index contributed by atoms with van der Waals surface area (Å²) in [5.41, 5.74) is 1.84. The molecule has 0 saturated heterocycles. The first kappa shape index (κ1) is 14.2. The van der Waals surface area contributed by atoms with Crippen molar-refractivity contribution in [2.24, 2.45) is 0 Å². The summed E-state index contributed by atoms with van der Waals surface area (Å²) >= 11 is 0. The standard InChI is InChI=1S/C14H18N4O2/c1-3-10(2)15-9-14-16-8-13(17-14)11-4-6-12(7-5-11)18(19)20/h4-8,10,15H,3,9H2,1-2H3,(H,16,17). The van der Waals surface area contributed by atoms with Gasteiger partial charge in [0, 0.05) is 23.7 Å². The number of nitro groups is 1. The van der Waals surface area contributed by atoms with Gasteiger partial charge in [0.2, 0.25) is 0 Å². The molecule has 106 valence electrons. The van der Waals surface area contributed by atoms with Crippen LogP contribution in [0.1, 0.15) is 26.1 Å². The molecule has 1 aromatic heterocycles. The molecule has 0 aliphatic carbocycles. The minimum atomic E-state index is -0.405. The molecule has 1 aromatic carbocycles. The van der Waals surface area contributed by atoms with Gasteiger partial charge in [-0.2, -0.15) is 0 Å². The third-order valence-corrected chi connectivity index (χ3v) is 3.25. The van der Waals surface area contributed by atoms with Gasteiger partial charge in [0.1, 0.15) is 5.82 Å². The lowest BCUT2D eigenvalue weighted by atomic mass is 10.1. The van der Waals surface area contributed by atoms with Crippen molar-refractivity contribution in [1.29, 1.82) is 0 Å². The minimum Gasteiger partial charge on any atom is -0.341 e. The highest BCUT2D eigenvalue weighted by Gasteiger charge is 2.07. The SMILES string of the molecule is CCC(C)NCc1ncc(-c2ccc([N+](=O)[O-])cc2)[nH]1. The van der Waals surface area contributed by atoms with Crippen molar-refractivity contribution in [3.63, 3.8) is 0 Å². The Morgan fingerprint density at radius 3 is 2.70 bits per heavy atom. The molecular formula is C14H18N4O2. The number of hydrogen-bond donors (Lipinski definition) is 2. The molecule has 2 rings (SSSR count).